The molecule has 8 heteroatoms. The molecule has 0 aromatic heterocycles. The number of carbonyl (C=O) groups excluding carboxylic acids is 3. The first-order valence-corrected chi connectivity index (χ1v) is 15.6. The summed E-state index contributed by atoms with van der Waals surface area (Å²) in [5.41, 5.74) is 2.22. The Balaban J connectivity index is 1.99. The molecule has 0 bridgehead atoms. The Morgan fingerprint density at radius 2 is 1.74 bits per heavy atom. The molecule has 38 heavy (non-hydrogen) atoms. The second-order valence-corrected chi connectivity index (χ2v) is 12.9. The molecule has 2 atom stereocenters. The molecule has 0 saturated heterocycles. The summed E-state index contributed by atoms with van der Waals surface area (Å²) in [6, 6.07) is 4.68. The Kier molecular flexibility index (Phi) is 10.9. The van der Waals surface area contributed by atoms with Crippen LogP contribution in [0.5, 0.6) is 0 Å². The molecule has 3 rings (SSSR count). The van der Waals surface area contributed by atoms with Crippen molar-refractivity contribution in [3.63, 3.8) is 0 Å². The van der Waals surface area contributed by atoms with E-state index in [1.807, 2.05) is 38.3 Å². The minimum absolute atomic E-state index is 0.0401. The maximum Gasteiger partial charge on any atom is 0.408 e. The van der Waals surface area contributed by atoms with Crippen LogP contribution < -0.4 is 10.6 Å². The highest BCUT2D eigenvalue weighted by molar-refractivity contribution is 7.98. The van der Waals surface area contributed by atoms with E-state index in [0.717, 1.165) is 61.6 Å². The lowest BCUT2D eigenvalue weighted by atomic mass is 9.86. The summed E-state index contributed by atoms with van der Waals surface area (Å²) < 4.78 is 5.50. The minimum Gasteiger partial charge on any atom is -0.444 e. The standard InChI is InChI=1S/C30H47N3O4S/c1-20-15-16-21(2)24(19-20)26(27(34)31-22-11-8-7-9-12-22)33(23-13-10-14-23)28(35)25(17-18-38-6)32-29(36)37-30(3,4)5/h15-16,19,22-23,25-26H,7-14,17-18H2,1-6H3,(H,31,34)(H,32,36). The number of nitrogens with zero attached hydrogens (tertiary/aromatic N) is 1. The van der Waals surface area contributed by atoms with Crippen molar-refractivity contribution in [2.45, 2.75) is 122 Å². The Morgan fingerprint density at radius 3 is 2.32 bits per heavy atom. The summed E-state index contributed by atoms with van der Waals surface area (Å²) in [6.07, 6.45) is 9.93. The number of ether oxygens (including phenoxy) is 1. The fourth-order valence-corrected chi connectivity index (χ4v) is 5.78. The van der Waals surface area contributed by atoms with Crippen molar-refractivity contribution < 1.29 is 19.1 Å². The van der Waals surface area contributed by atoms with E-state index in [4.69, 9.17) is 4.74 Å². The summed E-state index contributed by atoms with van der Waals surface area (Å²) in [5, 5.41) is 6.15. The van der Waals surface area contributed by atoms with Gasteiger partial charge in [0.1, 0.15) is 17.7 Å². The van der Waals surface area contributed by atoms with Crippen LogP contribution in [0.2, 0.25) is 0 Å². The molecule has 0 heterocycles. The zero-order valence-corrected chi connectivity index (χ0v) is 24.9. The molecule has 0 spiro atoms. The summed E-state index contributed by atoms with van der Waals surface area (Å²) in [7, 11) is 0. The van der Waals surface area contributed by atoms with Gasteiger partial charge in [0.25, 0.3) is 0 Å². The third-order valence-electron chi connectivity index (χ3n) is 7.53. The minimum atomic E-state index is -0.770. The van der Waals surface area contributed by atoms with Crippen molar-refractivity contribution in [1.29, 1.82) is 0 Å². The van der Waals surface area contributed by atoms with Crippen molar-refractivity contribution in [2.75, 3.05) is 12.0 Å². The zero-order chi connectivity index (χ0) is 27.9. The fraction of sp³-hybridized carbons (Fsp3) is 0.700. The maximum absolute atomic E-state index is 14.4. The zero-order valence-electron chi connectivity index (χ0n) is 24.1. The molecule has 2 aliphatic rings. The SMILES string of the molecule is CSCCC(NC(=O)OC(C)(C)C)C(=O)N(C1CCC1)C(C(=O)NC1CCCCC1)c1cc(C)ccc1C. The summed E-state index contributed by atoms with van der Waals surface area (Å²) in [6.45, 7) is 9.43. The number of alkyl carbamates (subject to hydrolysis) is 1. The number of nitrogens with one attached hydrogen (secondary N) is 2. The van der Waals surface area contributed by atoms with Gasteiger partial charge in [0.2, 0.25) is 11.8 Å². The van der Waals surface area contributed by atoms with Gasteiger partial charge in [-0.05, 0) is 96.3 Å². The predicted molar refractivity (Wildman–Crippen MR) is 154 cm³/mol. The first-order valence-electron chi connectivity index (χ1n) is 14.2. The second kappa shape index (κ2) is 13.7. The quantitative estimate of drug-likeness (QED) is 0.387. The van der Waals surface area contributed by atoms with Crippen molar-refractivity contribution in [3.05, 3.63) is 34.9 Å². The van der Waals surface area contributed by atoms with Gasteiger partial charge in [-0.2, -0.15) is 11.8 Å². The van der Waals surface area contributed by atoms with Crippen molar-refractivity contribution in [3.8, 4) is 0 Å². The molecule has 212 valence electrons. The average Bonchev–Trinajstić information content (AvgIpc) is 2.81. The lowest BCUT2D eigenvalue weighted by Crippen LogP contribution is -2.58. The topological polar surface area (TPSA) is 87.7 Å². The van der Waals surface area contributed by atoms with Gasteiger partial charge in [-0.1, -0.05) is 43.0 Å². The molecular formula is C30H47N3O4S. The Hall–Kier alpha value is -2.22. The molecule has 2 unspecified atom stereocenters. The monoisotopic (exact) mass is 545 g/mol. The highest BCUT2D eigenvalue weighted by Gasteiger charge is 2.42. The molecule has 1 aromatic rings. The van der Waals surface area contributed by atoms with Crippen molar-refractivity contribution >= 4 is 29.7 Å². The van der Waals surface area contributed by atoms with E-state index < -0.39 is 23.8 Å². The number of hydrogen-bond acceptors (Lipinski definition) is 5. The summed E-state index contributed by atoms with van der Waals surface area (Å²) >= 11 is 1.62. The van der Waals surface area contributed by atoms with Gasteiger partial charge >= 0.3 is 6.09 Å². The van der Waals surface area contributed by atoms with Gasteiger partial charge in [-0.15, -0.1) is 0 Å². The molecule has 7 nitrogen and oxygen atoms in total. The van der Waals surface area contributed by atoms with E-state index in [9.17, 15) is 14.4 Å². The van der Waals surface area contributed by atoms with E-state index in [-0.39, 0.29) is 23.9 Å². The van der Waals surface area contributed by atoms with Crippen LogP contribution in [0.4, 0.5) is 4.79 Å². The van der Waals surface area contributed by atoms with Gasteiger partial charge in [-0.25, -0.2) is 4.79 Å². The highest BCUT2D eigenvalue weighted by Crippen LogP contribution is 2.36. The molecule has 2 fully saturated rings. The molecule has 2 saturated carbocycles. The number of benzene rings is 1. The van der Waals surface area contributed by atoms with Crippen molar-refractivity contribution in [1.82, 2.24) is 15.5 Å². The summed E-state index contributed by atoms with van der Waals surface area (Å²) in [4.78, 5) is 43.0. The van der Waals surface area contributed by atoms with Crippen LogP contribution in [0.1, 0.15) is 101 Å². The van der Waals surface area contributed by atoms with Crippen LogP contribution in [0.25, 0.3) is 0 Å². The van der Waals surface area contributed by atoms with Gasteiger partial charge in [0.05, 0.1) is 0 Å². The largest absolute Gasteiger partial charge is 0.444 e. The Bertz CT molecular complexity index is 967. The van der Waals surface area contributed by atoms with Crippen LogP contribution in [-0.4, -0.2) is 58.5 Å². The lowest BCUT2D eigenvalue weighted by Gasteiger charge is -2.44. The second-order valence-electron chi connectivity index (χ2n) is 11.9. The first kappa shape index (κ1) is 30.3. The highest BCUT2D eigenvalue weighted by atomic mass is 32.2. The Morgan fingerprint density at radius 1 is 1.05 bits per heavy atom. The van der Waals surface area contributed by atoms with Crippen LogP contribution in [0, 0.1) is 13.8 Å². The van der Waals surface area contributed by atoms with E-state index >= 15 is 0 Å². The van der Waals surface area contributed by atoms with Crippen LogP contribution >= 0.6 is 11.8 Å². The molecule has 2 aliphatic carbocycles. The molecule has 2 N–H and O–H groups in total. The van der Waals surface area contributed by atoms with Crippen LogP contribution in [-0.2, 0) is 14.3 Å². The number of rotatable bonds is 10. The number of carbonyl (C=O) groups is 3. The van der Waals surface area contributed by atoms with Gasteiger partial charge < -0.3 is 20.3 Å². The summed E-state index contributed by atoms with van der Waals surface area (Å²) in [5.74, 6) is 0.374. The third kappa shape index (κ3) is 8.39. The first-order chi connectivity index (χ1) is 18.0. The number of thioether (sulfide) groups is 1. The average molecular weight is 546 g/mol. The molecular weight excluding hydrogens is 498 g/mol. The smallest absolute Gasteiger partial charge is 0.408 e. The fourth-order valence-electron chi connectivity index (χ4n) is 5.30. The van der Waals surface area contributed by atoms with E-state index in [0.29, 0.717) is 12.2 Å². The molecule has 0 radical (unpaired) electrons. The predicted octanol–water partition coefficient (Wildman–Crippen LogP) is 5.82. The molecule has 0 aliphatic heterocycles. The van der Waals surface area contributed by atoms with Gasteiger partial charge in [0.15, 0.2) is 0 Å². The normalized spacial score (nSPS) is 18.2. The van der Waals surface area contributed by atoms with Gasteiger partial charge in [-0.3, -0.25) is 9.59 Å². The number of amides is 3. The van der Waals surface area contributed by atoms with Crippen molar-refractivity contribution in [2.24, 2.45) is 0 Å². The molecule has 1 aromatic carbocycles. The van der Waals surface area contributed by atoms with E-state index in [1.54, 1.807) is 37.4 Å². The lowest BCUT2D eigenvalue weighted by molar-refractivity contribution is -0.147. The van der Waals surface area contributed by atoms with E-state index in [2.05, 4.69) is 10.6 Å². The van der Waals surface area contributed by atoms with Gasteiger partial charge in [0, 0.05) is 12.1 Å². The maximum atomic E-state index is 14.4. The number of hydrogen-bond donors (Lipinski definition) is 2. The molecule has 3 amide bonds. The van der Waals surface area contributed by atoms with Crippen LogP contribution in [0.15, 0.2) is 18.2 Å². The van der Waals surface area contributed by atoms with E-state index in [1.165, 1.54) is 6.42 Å². The Labute approximate surface area is 233 Å². The third-order valence-corrected chi connectivity index (χ3v) is 8.17. The number of aryl methyl sites for hydroxylation is 2. The van der Waals surface area contributed by atoms with Crippen LogP contribution in [0.3, 0.4) is 0 Å².